The number of sulfonamides is 1. The van der Waals surface area contributed by atoms with Gasteiger partial charge in [0.25, 0.3) is 0 Å². The molecule has 1 aliphatic heterocycles. The summed E-state index contributed by atoms with van der Waals surface area (Å²) in [5.41, 5.74) is 2.21. The summed E-state index contributed by atoms with van der Waals surface area (Å²) < 4.78 is 65.4. The van der Waals surface area contributed by atoms with E-state index in [1.807, 2.05) is 0 Å². The second kappa shape index (κ2) is 7.47. The summed E-state index contributed by atoms with van der Waals surface area (Å²) >= 11 is 0. The second-order valence-electron chi connectivity index (χ2n) is 6.38. The Bertz CT molecular complexity index is 992. The number of rotatable bonds is 4. The number of hydrogen-bond donors (Lipinski definition) is 1. The van der Waals surface area contributed by atoms with Crippen LogP contribution in [0.1, 0.15) is 22.5 Å². The Hall–Kier alpha value is -2.53. The molecule has 0 spiro atoms. The Balaban J connectivity index is 1.77. The molecule has 3 rings (SSSR count). The third kappa shape index (κ3) is 4.47. The van der Waals surface area contributed by atoms with Gasteiger partial charge in [-0.1, -0.05) is 6.07 Å². The number of alkyl halides is 3. The molecular weight excluding hydrogens is 397 g/mol. The minimum atomic E-state index is -4.96. The maximum atomic E-state index is 12.7. The Morgan fingerprint density at radius 3 is 2.61 bits per heavy atom. The average molecular weight is 414 g/mol. The summed E-state index contributed by atoms with van der Waals surface area (Å²) in [6.45, 7) is 1.31. The molecule has 1 N–H and O–H groups in total. The highest BCUT2D eigenvalue weighted by molar-refractivity contribution is 7.89. The fourth-order valence-corrected chi connectivity index (χ4v) is 3.87. The SMILES string of the molecule is Cc1cnc(CNS(=O)(=O)c2ccc3c(c2)CN(C(=O)C(F)(F)F)CC3)cn1. The Labute approximate surface area is 159 Å². The summed E-state index contributed by atoms with van der Waals surface area (Å²) in [7, 11) is -3.91. The monoisotopic (exact) mass is 414 g/mol. The van der Waals surface area contributed by atoms with Crippen LogP contribution in [0, 0.1) is 6.92 Å². The minimum Gasteiger partial charge on any atom is -0.330 e. The van der Waals surface area contributed by atoms with Crippen molar-refractivity contribution in [1.29, 1.82) is 0 Å². The van der Waals surface area contributed by atoms with E-state index in [2.05, 4.69) is 14.7 Å². The summed E-state index contributed by atoms with van der Waals surface area (Å²) in [5.74, 6) is -1.93. The van der Waals surface area contributed by atoms with Gasteiger partial charge in [0, 0.05) is 19.3 Å². The molecule has 0 bridgehead atoms. The quantitative estimate of drug-likeness (QED) is 0.822. The molecule has 0 atom stereocenters. The summed E-state index contributed by atoms with van der Waals surface area (Å²) in [6.07, 6.45) is -1.78. The molecule has 2 aromatic rings. The Morgan fingerprint density at radius 2 is 1.96 bits per heavy atom. The molecule has 0 unspecified atom stereocenters. The third-order valence-electron chi connectivity index (χ3n) is 4.31. The van der Waals surface area contributed by atoms with E-state index in [0.717, 1.165) is 5.56 Å². The van der Waals surface area contributed by atoms with Gasteiger partial charge < -0.3 is 4.90 Å². The number of nitrogens with one attached hydrogen (secondary N) is 1. The zero-order chi connectivity index (χ0) is 20.5. The van der Waals surface area contributed by atoms with Crippen LogP contribution in [-0.4, -0.2) is 41.9 Å². The van der Waals surface area contributed by atoms with E-state index in [0.29, 0.717) is 21.9 Å². The number of nitrogens with zero attached hydrogens (tertiary/aromatic N) is 3. The molecule has 0 aliphatic carbocycles. The van der Waals surface area contributed by atoms with Crippen LogP contribution in [0.25, 0.3) is 0 Å². The molecule has 7 nitrogen and oxygen atoms in total. The van der Waals surface area contributed by atoms with Crippen LogP contribution in [0.15, 0.2) is 35.5 Å². The van der Waals surface area contributed by atoms with Gasteiger partial charge in [0.05, 0.1) is 29.0 Å². The van der Waals surface area contributed by atoms with Crippen molar-refractivity contribution in [2.24, 2.45) is 0 Å². The molecule has 0 saturated heterocycles. The van der Waals surface area contributed by atoms with Crippen molar-refractivity contribution in [3.05, 3.63) is 53.1 Å². The van der Waals surface area contributed by atoms with Crippen LogP contribution in [0.2, 0.25) is 0 Å². The Morgan fingerprint density at radius 1 is 1.21 bits per heavy atom. The highest BCUT2D eigenvalue weighted by atomic mass is 32.2. The molecule has 0 fully saturated rings. The van der Waals surface area contributed by atoms with Gasteiger partial charge in [-0.2, -0.15) is 13.2 Å². The van der Waals surface area contributed by atoms with E-state index in [1.54, 1.807) is 13.0 Å². The minimum absolute atomic E-state index is 0.0677. The van der Waals surface area contributed by atoms with Crippen LogP contribution in [-0.2, 0) is 34.3 Å². The third-order valence-corrected chi connectivity index (χ3v) is 5.71. The summed E-state index contributed by atoms with van der Waals surface area (Å²) in [5, 5.41) is 0. The van der Waals surface area contributed by atoms with Crippen molar-refractivity contribution in [3.63, 3.8) is 0 Å². The van der Waals surface area contributed by atoms with Crippen LogP contribution in [0.4, 0.5) is 13.2 Å². The fraction of sp³-hybridized carbons (Fsp3) is 0.353. The predicted octanol–water partition coefficient (Wildman–Crippen LogP) is 1.71. The van der Waals surface area contributed by atoms with E-state index in [9.17, 15) is 26.4 Å². The molecule has 0 radical (unpaired) electrons. The van der Waals surface area contributed by atoms with E-state index >= 15 is 0 Å². The van der Waals surface area contributed by atoms with Crippen molar-refractivity contribution in [1.82, 2.24) is 19.6 Å². The first-order valence-corrected chi connectivity index (χ1v) is 9.80. The van der Waals surface area contributed by atoms with E-state index < -0.39 is 22.1 Å². The maximum absolute atomic E-state index is 12.7. The standard InChI is InChI=1S/C17H17F3N4O3S/c1-11-7-22-14(8-21-11)9-23-28(26,27)15-3-2-12-4-5-24(10-13(12)6-15)16(25)17(18,19)20/h2-3,6-8,23H,4-5,9-10H2,1H3. The van der Waals surface area contributed by atoms with Gasteiger partial charge in [-0.25, -0.2) is 13.1 Å². The molecule has 11 heteroatoms. The first kappa shape index (κ1) is 20.2. The number of carbonyl (C=O) groups excluding carboxylic acids is 1. The second-order valence-corrected chi connectivity index (χ2v) is 8.15. The van der Waals surface area contributed by atoms with E-state index in [4.69, 9.17) is 0 Å². The lowest BCUT2D eigenvalue weighted by molar-refractivity contribution is -0.186. The van der Waals surface area contributed by atoms with Crippen LogP contribution in [0.5, 0.6) is 0 Å². The molecule has 28 heavy (non-hydrogen) atoms. The van der Waals surface area contributed by atoms with Crippen LogP contribution < -0.4 is 4.72 Å². The maximum Gasteiger partial charge on any atom is 0.471 e. The van der Waals surface area contributed by atoms with Gasteiger partial charge in [-0.3, -0.25) is 14.8 Å². The number of aryl methyl sites for hydroxylation is 1. The van der Waals surface area contributed by atoms with Gasteiger partial charge >= 0.3 is 12.1 Å². The zero-order valence-corrected chi connectivity index (χ0v) is 15.6. The Kier molecular flexibility index (Phi) is 5.39. The van der Waals surface area contributed by atoms with Crippen molar-refractivity contribution in [2.75, 3.05) is 6.54 Å². The molecular formula is C17H17F3N4O3S. The molecule has 1 aromatic heterocycles. The predicted molar refractivity (Wildman–Crippen MR) is 92.4 cm³/mol. The van der Waals surface area contributed by atoms with Crippen molar-refractivity contribution < 1.29 is 26.4 Å². The molecule has 1 aromatic carbocycles. The molecule has 150 valence electrons. The van der Waals surface area contributed by atoms with Crippen LogP contribution >= 0.6 is 0 Å². The van der Waals surface area contributed by atoms with Gasteiger partial charge in [-0.15, -0.1) is 0 Å². The highest BCUT2D eigenvalue weighted by Crippen LogP contribution is 2.26. The smallest absolute Gasteiger partial charge is 0.330 e. The largest absolute Gasteiger partial charge is 0.471 e. The summed E-state index contributed by atoms with van der Waals surface area (Å²) in [6, 6.07) is 4.25. The van der Waals surface area contributed by atoms with Gasteiger partial charge in [0.15, 0.2) is 0 Å². The molecule has 1 amide bonds. The number of benzene rings is 1. The zero-order valence-electron chi connectivity index (χ0n) is 14.8. The number of aromatic nitrogens is 2. The fourth-order valence-electron chi connectivity index (χ4n) is 2.82. The number of fused-ring (bicyclic) bond motifs is 1. The highest BCUT2D eigenvalue weighted by Gasteiger charge is 2.43. The number of halogens is 3. The molecule has 2 heterocycles. The van der Waals surface area contributed by atoms with E-state index in [1.165, 1.54) is 24.5 Å². The van der Waals surface area contributed by atoms with Gasteiger partial charge in [-0.05, 0) is 36.6 Å². The lowest BCUT2D eigenvalue weighted by atomic mass is 10.00. The summed E-state index contributed by atoms with van der Waals surface area (Å²) in [4.78, 5) is 20.1. The van der Waals surface area contributed by atoms with Crippen molar-refractivity contribution in [3.8, 4) is 0 Å². The van der Waals surface area contributed by atoms with Crippen molar-refractivity contribution in [2.45, 2.75) is 37.5 Å². The topological polar surface area (TPSA) is 92.3 Å². The number of carbonyl (C=O) groups is 1. The first-order valence-electron chi connectivity index (χ1n) is 8.31. The van der Waals surface area contributed by atoms with Gasteiger partial charge in [0.1, 0.15) is 0 Å². The lowest BCUT2D eigenvalue weighted by Gasteiger charge is -2.29. The average Bonchev–Trinajstić information content (AvgIpc) is 2.65. The van der Waals surface area contributed by atoms with Crippen molar-refractivity contribution >= 4 is 15.9 Å². The first-order chi connectivity index (χ1) is 13.1. The molecule has 1 aliphatic rings. The number of hydrogen-bond acceptors (Lipinski definition) is 5. The van der Waals surface area contributed by atoms with Crippen LogP contribution in [0.3, 0.4) is 0 Å². The van der Waals surface area contributed by atoms with Gasteiger partial charge in [0.2, 0.25) is 10.0 Å². The molecule has 0 saturated carbocycles. The normalized spacial score (nSPS) is 14.6. The number of amides is 1. The van der Waals surface area contributed by atoms with E-state index in [-0.39, 0.29) is 31.0 Å². The lowest BCUT2D eigenvalue weighted by Crippen LogP contribution is -2.43.